The Bertz CT molecular complexity index is 474. The summed E-state index contributed by atoms with van der Waals surface area (Å²) in [7, 11) is 1.25. The maximum Gasteiger partial charge on any atom is 0.411 e. The Morgan fingerprint density at radius 2 is 1.83 bits per heavy atom. The number of carbonyl (C=O) groups is 2. The van der Waals surface area contributed by atoms with E-state index >= 15 is 0 Å². The lowest BCUT2D eigenvalue weighted by Crippen LogP contribution is -2.16. The molecule has 0 saturated heterocycles. The standard InChI is InChI=1S/C13H17NO4/c1-13(2,3)9-5-8(11(15)16)6-10(7-9)14-12(17)18-4/h5-7H,1-4H3,(H,14,17)(H,15,16). The predicted octanol–water partition coefficient (Wildman–Crippen LogP) is 2.86. The molecule has 1 amide bonds. The van der Waals surface area contributed by atoms with Gasteiger partial charge in [0, 0.05) is 5.69 Å². The molecule has 0 aromatic heterocycles. The highest BCUT2D eigenvalue weighted by atomic mass is 16.5. The van der Waals surface area contributed by atoms with Crippen molar-refractivity contribution in [3.63, 3.8) is 0 Å². The van der Waals surface area contributed by atoms with Gasteiger partial charge in [0.1, 0.15) is 0 Å². The number of rotatable bonds is 2. The molecule has 1 aromatic carbocycles. The third kappa shape index (κ3) is 3.48. The van der Waals surface area contributed by atoms with Crippen LogP contribution in [0, 0.1) is 0 Å². The van der Waals surface area contributed by atoms with Crippen LogP contribution < -0.4 is 5.32 Å². The molecule has 1 rings (SSSR count). The normalized spacial score (nSPS) is 10.9. The second kappa shape index (κ2) is 5.08. The minimum absolute atomic E-state index is 0.133. The van der Waals surface area contributed by atoms with Gasteiger partial charge in [0.25, 0.3) is 0 Å². The van der Waals surface area contributed by atoms with E-state index in [2.05, 4.69) is 10.1 Å². The number of anilines is 1. The van der Waals surface area contributed by atoms with Crippen LogP contribution in [0.25, 0.3) is 0 Å². The Hall–Kier alpha value is -2.04. The first-order valence-electron chi connectivity index (χ1n) is 5.48. The summed E-state index contributed by atoms with van der Waals surface area (Å²) in [6.07, 6.45) is -0.627. The molecule has 0 aliphatic rings. The number of hydrogen-bond acceptors (Lipinski definition) is 3. The van der Waals surface area contributed by atoms with Crippen molar-refractivity contribution in [1.82, 2.24) is 0 Å². The van der Waals surface area contributed by atoms with Gasteiger partial charge in [-0.25, -0.2) is 9.59 Å². The first kappa shape index (κ1) is 14.0. The van der Waals surface area contributed by atoms with E-state index in [1.54, 1.807) is 12.1 Å². The lowest BCUT2D eigenvalue weighted by Gasteiger charge is -2.20. The van der Waals surface area contributed by atoms with E-state index in [0.29, 0.717) is 5.69 Å². The summed E-state index contributed by atoms with van der Waals surface area (Å²) >= 11 is 0. The zero-order chi connectivity index (χ0) is 13.9. The van der Waals surface area contributed by atoms with Gasteiger partial charge in [-0.1, -0.05) is 20.8 Å². The van der Waals surface area contributed by atoms with Crippen molar-refractivity contribution in [2.75, 3.05) is 12.4 Å². The highest BCUT2D eigenvalue weighted by molar-refractivity contribution is 5.91. The van der Waals surface area contributed by atoms with Crippen molar-refractivity contribution >= 4 is 17.7 Å². The van der Waals surface area contributed by atoms with Crippen LogP contribution in [0.15, 0.2) is 18.2 Å². The molecule has 18 heavy (non-hydrogen) atoms. The van der Waals surface area contributed by atoms with E-state index in [1.165, 1.54) is 13.2 Å². The molecule has 0 aliphatic carbocycles. The summed E-state index contributed by atoms with van der Waals surface area (Å²) in [6.45, 7) is 5.90. The molecule has 0 spiro atoms. The van der Waals surface area contributed by atoms with Gasteiger partial charge in [-0.2, -0.15) is 0 Å². The number of aromatic carboxylic acids is 1. The summed E-state index contributed by atoms with van der Waals surface area (Å²) in [5, 5.41) is 11.5. The second-order valence-corrected chi connectivity index (χ2v) is 4.97. The van der Waals surface area contributed by atoms with Crippen molar-refractivity contribution < 1.29 is 19.4 Å². The van der Waals surface area contributed by atoms with E-state index in [4.69, 9.17) is 5.11 Å². The predicted molar refractivity (Wildman–Crippen MR) is 68.1 cm³/mol. The van der Waals surface area contributed by atoms with Gasteiger partial charge < -0.3 is 9.84 Å². The molecule has 0 saturated carbocycles. The van der Waals surface area contributed by atoms with Crippen molar-refractivity contribution in [3.05, 3.63) is 29.3 Å². The van der Waals surface area contributed by atoms with Crippen LogP contribution in [-0.2, 0) is 10.2 Å². The Morgan fingerprint density at radius 3 is 2.28 bits per heavy atom. The van der Waals surface area contributed by atoms with Crippen LogP contribution in [0.1, 0.15) is 36.7 Å². The molecule has 5 heteroatoms. The number of nitrogens with one attached hydrogen (secondary N) is 1. The molecular weight excluding hydrogens is 234 g/mol. The number of methoxy groups -OCH3 is 1. The fourth-order valence-electron chi connectivity index (χ4n) is 1.43. The summed E-state index contributed by atoms with van der Waals surface area (Å²) in [5.41, 5.74) is 1.16. The van der Waals surface area contributed by atoms with Crippen LogP contribution in [0.5, 0.6) is 0 Å². The Balaban J connectivity index is 3.22. The molecule has 98 valence electrons. The van der Waals surface area contributed by atoms with Gasteiger partial charge in [0.05, 0.1) is 12.7 Å². The van der Waals surface area contributed by atoms with Crippen LogP contribution in [0.2, 0.25) is 0 Å². The van der Waals surface area contributed by atoms with Crippen LogP contribution >= 0.6 is 0 Å². The van der Waals surface area contributed by atoms with E-state index < -0.39 is 12.1 Å². The lowest BCUT2D eigenvalue weighted by atomic mass is 9.86. The highest BCUT2D eigenvalue weighted by Gasteiger charge is 2.18. The summed E-state index contributed by atoms with van der Waals surface area (Å²) < 4.78 is 4.48. The Labute approximate surface area is 106 Å². The number of carbonyl (C=O) groups excluding carboxylic acids is 1. The molecule has 0 fully saturated rings. The molecule has 0 heterocycles. The number of amides is 1. The number of ether oxygens (including phenoxy) is 1. The number of benzene rings is 1. The monoisotopic (exact) mass is 251 g/mol. The third-order valence-electron chi connectivity index (χ3n) is 2.48. The van der Waals surface area contributed by atoms with Crippen molar-refractivity contribution in [2.45, 2.75) is 26.2 Å². The maximum absolute atomic E-state index is 11.1. The SMILES string of the molecule is COC(=O)Nc1cc(C(=O)O)cc(C(C)(C)C)c1. The van der Waals surface area contributed by atoms with E-state index in [9.17, 15) is 9.59 Å². The van der Waals surface area contributed by atoms with E-state index in [1.807, 2.05) is 20.8 Å². The molecule has 0 atom stereocenters. The zero-order valence-corrected chi connectivity index (χ0v) is 10.9. The van der Waals surface area contributed by atoms with Crippen molar-refractivity contribution in [2.24, 2.45) is 0 Å². The first-order valence-corrected chi connectivity index (χ1v) is 5.48. The molecule has 0 radical (unpaired) electrons. The highest BCUT2D eigenvalue weighted by Crippen LogP contribution is 2.26. The number of carboxylic acids is 1. The quantitative estimate of drug-likeness (QED) is 0.847. The van der Waals surface area contributed by atoms with Crippen LogP contribution in [0.4, 0.5) is 10.5 Å². The molecule has 0 aliphatic heterocycles. The van der Waals surface area contributed by atoms with Crippen molar-refractivity contribution in [1.29, 1.82) is 0 Å². The van der Waals surface area contributed by atoms with Crippen LogP contribution in [-0.4, -0.2) is 24.3 Å². The smallest absolute Gasteiger partial charge is 0.411 e. The third-order valence-corrected chi connectivity index (χ3v) is 2.48. The fourth-order valence-corrected chi connectivity index (χ4v) is 1.43. The van der Waals surface area contributed by atoms with E-state index in [-0.39, 0.29) is 11.0 Å². The van der Waals surface area contributed by atoms with Gasteiger partial charge in [0.15, 0.2) is 0 Å². The van der Waals surface area contributed by atoms with Gasteiger partial charge in [-0.15, -0.1) is 0 Å². The zero-order valence-electron chi connectivity index (χ0n) is 10.9. The van der Waals surface area contributed by atoms with Crippen LogP contribution in [0.3, 0.4) is 0 Å². The number of hydrogen-bond donors (Lipinski definition) is 2. The topological polar surface area (TPSA) is 75.6 Å². The molecule has 2 N–H and O–H groups in total. The van der Waals surface area contributed by atoms with Gasteiger partial charge >= 0.3 is 12.1 Å². The van der Waals surface area contributed by atoms with E-state index in [0.717, 1.165) is 5.56 Å². The minimum Gasteiger partial charge on any atom is -0.478 e. The average Bonchev–Trinajstić information content (AvgIpc) is 2.27. The molecule has 5 nitrogen and oxygen atoms in total. The summed E-state index contributed by atoms with van der Waals surface area (Å²) in [4.78, 5) is 22.2. The minimum atomic E-state index is -1.03. The second-order valence-electron chi connectivity index (χ2n) is 4.97. The largest absolute Gasteiger partial charge is 0.478 e. The Morgan fingerprint density at radius 1 is 1.22 bits per heavy atom. The molecular formula is C13H17NO4. The molecule has 0 unspecified atom stereocenters. The van der Waals surface area contributed by atoms with Gasteiger partial charge in [0.2, 0.25) is 0 Å². The van der Waals surface area contributed by atoms with Gasteiger partial charge in [-0.3, -0.25) is 5.32 Å². The molecule has 1 aromatic rings. The Kier molecular flexibility index (Phi) is 3.96. The number of carboxylic acid groups (broad SMARTS) is 1. The first-order chi connectivity index (χ1) is 8.24. The summed E-state index contributed by atoms with van der Waals surface area (Å²) in [6, 6.07) is 4.74. The summed E-state index contributed by atoms with van der Waals surface area (Å²) in [5.74, 6) is -1.03. The average molecular weight is 251 g/mol. The van der Waals surface area contributed by atoms with Crippen molar-refractivity contribution in [3.8, 4) is 0 Å². The van der Waals surface area contributed by atoms with Gasteiger partial charge in [-0.05, 0) is 29.2 Å². The lowest BCUT2D eigenvalue weighted by molar-refractivity contribution is 0.0696. The fraction of sp³-hybridized carbons (Fsp3) is 0.385. The maximum atomic E-state index is 11.1. The molecule has 0 bridgehead atoms.